The number of amides is 2. The minimum absolute atomic E-state index is 0.331. The van der Waals surface area contributed by atoms with Crippen molar-refractivity contribution in [3.8, 4) is 11.5 Å². The Morgan fingerprint density at radius 1 is 1.00 bits per heavy atom. The topological polar surface area (TPSA) is 55.8 Å². The number of hydrogen-bond donors (Lipinski definition) is 0. The molecule has 17 heavy (non-hydrogen) atoms. The molecule has 1 rings (SSSR count). The van der Waals surface area contributed by atoms with Crippen molar-refractivity contribution in [1.82, 2.24) is 0 Å². The molecule has 0 spiro atoms. The number of hydrogen-bond acceptors (Lipinski definition) is 4. The van der Waals surface area contributed by atoms with E-state index in [-0.39, 0.29) is 11.8 Å². The second kappa shape index (κ2) is 5.34. The highest BCUT2D eigenvalue weighted by Gasteiger charge is 2.24. The van der Waals surface area contributed by atoms with E-state index in [1.54, 1.807) is 18.2 Å². The van der Waals surface area contributed by atoms with Crippen molar-refractivity contribution in [2.45, 2.75) is 13.8 Å². The van der Waals surface area contributed by atoms with Crippen LogP contribution >= 0.6 is 0 Å². The molecular formula is C12H15NO4. The second-order valence-corrected chi connectivity index (χ2v) is 3.38. The van der Waals surface area contributed by atoms with Gasteiger partial charge in [-0.15, -0.1) is 0 Å². The Hall–Kier alpha value is -2.04. The lowest BCUT2D eigenvalue weighted by atomic mass is 10.2. The fourth-order valence-corrected chi connectivity index (χ4v) is 1.59. The maximum Gasteiger partial charge on any atom is 0.230 e. The largest absolute Gasteiger partial charge is 0.494 e. The number of para-hydroxylation sites is 1. The Morgan fingerprint density at radius 3 is 1.71 bits per heavy atom. The van der Waals surface area contributed by atoms with Gasteiger partial charge < -0.3 is 9.47 Å². The van der Waals surface area contributed by atoms with Crippen LogP contribution in [0.3, 0.4) is 0 Å². The predicted octanol–water partition coefficient (Wildman–Crippen LogP) is 1.60. The third kappa shape index (κ3) is 2.55. The molecule has 0 fully saturated rings. The maximum absolute atomic E-state index is 11.5. The molecule has 0 bridgehead atoms. The fraction of sp³-hybridized carbons (Fsp3) is 0.333. The lowest BCUT2D eigenvalue weighted by Gasteiger charge is -2.22. The molecule has 0 aliphatic heterocycles. The number of anilines is 1. The van der Waals surface area contributed by atoms with Crippen LogP contribution in [0, 0.1) is 0 Å². The first kappa shape index (κ1) is 13.0. The van der Waals surface area contributed by atoms with Crippen molar-refractivity contribution in [3.05, 3.63) is 18.2 Å². The highest BCUT2D eigenvalue weighted by molar-refractivity contribution is 6.15. The number of nitrogens with zero attached hydrogens (tertiary/aromatic N) is 1. The predicted molar refractivity (Wildman–Crippen MR) is 63.4 cm³/mol. The van der Waals surface area contributed by atoms with Crippen LogP contribution in [0.25, 0.3) is 0 Å². The van der Waals surface area contributed by atoms with E-state index < -0.39 is 0 Å². The van der Waals surface area contributed by atoms with Gasteiger partial charge in [-0.2, -0.15) is 0 Å². The number of carbonyl (C=O) groups is 2. The second-order valence-electron chi connectivity index (χ2n) is 3.38. The van der Waals surface area contributed by atoms with E-state index in [0.29, 0.717) is 17.2 Å². The van der Waals surface area contributed by atoms with E-state index in [1.165, 1.54) is 28.1 Å². The fourth-order valence-electron chi connectivity index (χ4n) is 1.59. The average molecular weight is 237 g/mol. The highest BCUT2D eigenvalue weighted by Crippen LogP contribution is 2.37. The van der Waals surface area contributed by atoms with E-state index >= 15 is 0 Å². The van der Waals surface area contributed by atoms with Crippen LogP contribution in [-0.4, -0.2) is 26.0 Å². The van der Waals surface area contributed by atoms with Gasteiger partial charge in [0.2, 0.25) is 11.8 Å². The summed E-state index contributed by atoms with van der Waals surface area (Å²) in [5, 5.41) is 0. The van der Waals surface area contributed by atoms with Crippen molar-refractivity contribution in [3.63, 3.8) is 0 Å². The summed E-state index contributed by atoms with van der Waals surface area (Å²) in [7, 11) is 2.94. The molecule has 0 N–H and O–H groups in total. The van der Waals surface area contributed by atoms with Crippen molar-refractivity contribution in [1.29, 1.82) is 0 Å². The van der Waals surface area contributed by atoms with Crippen molar-refractivity contribution in [2.75, 3.05) is 19.1 Å². The zero-order valence-corrected chi connectivity index (χ0v) is 10.3. The van der Waals surface area contributed by atoms with Crippen LogP contribution in [0.5, 0.6) is 11.5 Å². The maximum atomic E-state index is 11.5. The normalized spacial score (nSPS) is 9.65. The summed E-state index contributed by atoms with van der Waals surface area (Å²) < 4.78 is 10.3. The summed E-state index contributed by atoms with van der Waals surface area (Å²) in [4.78, 5) is 24.1. The van der Waals surface area contributed by atoms with Crippen LogP contribution in [0.1, 0.15) is 13.8 Å². The first-order valence-corrected chi connectivity index (χ1v) is 5.05. The summed E-state index contributed by atoms with van der Waals surface area (Å²) in [6.45, 7) is 2.63. The molecule has 0 radical (unpaired) electrons. The van der Waals surface area contributed by atoms with Gasteiger partial charge >= 0.3 is 0 Å². The van der Waals surface area contributed by atoms with Gasteiger partial charge in [0.15, 0.2) is 0 Å². The van der Waals surface area contributed by atoms with Gasteiger partial charge in [0, 0.05) is 13.8 Å². The molecule has 0 aromatic heterocycles. The Morgan fingerprint density at radius 2 is 1.41 bits per heavy atom. The SMILES string of the molecule is COc1cccc(OC)c1N(C(C)=O)C(C)=O. The average Bonchev–Trinajstić information content (AvgIpc) is 2.28. The van der Waals surface area contributed by atoms with Crippen molar-refractivity contribution in [2.24, 2.45) is 0 Å². The number of ether oxygens (including phenoxy) is 2. The molecule has 0 aliphatic carbocycles. The lowest BCUT2D eigenvalue weighted by molar-refractivity contribution is -0.124. The van der Waals surface area contributed by atoms with Crippen LogP contribution in [0.15, 0.2) is 18.2 Å². The summed E-state index contributed by atoms with van der Waals surface area (Å²) in [5.41, 5.74) is 0.331. The van der Waals surface area contributed by atoms with E-state index in [0.717, 1.165) is 4.90 Å². The molecular weight excluding hydrogens is 222 g/mol. The molecule has 0 atom stereocenters. The summed E-state index contributed by atoms with van der Waals surface area (Å²) in [5.74, 6) is 0.0464. The van der Waals surface area contributed by atoms with Crippen LogP contribution in [0.2, 0.25) is 0 Å². The molecule has 0 unspecified atom stereocenters. The zero-order chi connectivity index (χ0) is 13.0. The number of rotatable bonds is 3. The minimum Gasteiger partial charge on any atom is -0.494 e. The Kier molecular flexibility index (Phi) is 4.09. The molecule has 1 aromatic rings. The standard InChI is InChI=1S/C12H15NO4/c1-8(14)13(9(2)15)12-10(16-3)6-5-7-11(12)17-4/h5-7H,1-4H3. The Bertz CT molecular complexity index is 406. The minimum atomic E-state index is -0.389. The van der Waals surface area contributed by atoms with Gasteiger partial charge in [-0.05, 0) is 12.1 Å². The Labute approximate surface area is 99.9 Å². The molecule has 0 saturated heterocycles. The van der Waals surface area contributed by atoms with Gasteiger partial charge in [-0.1, -0.05) is 6.07 Å². The zero-order valence-electron chi connectivity index (χ0n) is 10.3. The first-order chi connectivity index (χ1) is 8.02. The summed E-state index contributed by atoms with van der Waals surface area (Å²) in [6.07, 6.45) is 0. The third-order valence-electron chi connectivity index (χ3n) is 2.26. The number of methoxy groups -OCH3 is 2. The number of carbonyl (C=O) groups excluding carboxylic acids is 2. The molecule has 0 heterocycles. The molecule has 0 saturated carbocycles. The van der Waals surface area contributed by atoms with E-state index in [1.807, 2.05) is 0 Å². The van der Waals surface area contributed by atoms with Gasteiger partial charge in [-0.25, -0.2) is 4.90 Å². The monoisotopic (exact) mass is 237 g/mol. The van der Waals surface area contributed by atoms with E-state index in [4.69, 9.17) is 9.47 Å². The number of imide groups is 1. The van der Waals surface area contributed by atoms with Gasteiger partial charge in [0.25, 0.3) is 0 Å². The highest BCUT2D eigenvalue weighted by atomic mass is 16.5. The number of benzene rings is 1. The van der Waals surface area contributed by atoms with Crippen molar-refractivity contribution >= 4 is 17.5 Å². The Balaban J connectivity index is 3.44. The van der Waals surface area contributed by atoms with E-state index in [9.17, 15) is 9.59 Å². The molecule has 5 nitrogen and oxygen atoms in total. The smallest absolute Gasteiger partial charge is 0.230 e. The summed E-state index contributed by atoms with van der Waals surface area (Å²) >= 11 is 0. The quantitative estimate of drug-likeness (QED) is 0.801. The molecule has 92 valence electrons. The first-order valence-electron chi connectivity index (χ1n) is 5.05. The van der Waals surface area contributed by atoms with E-state index in [2.05, 4.69) is 0 Å². The van der Waals surface area contributed by atoms with Gasteiger partial charge in [0.05, 0.1) is 14.2 Å². The third-order valence-corrected chi connectivity index (χ3v) is 2.26. The lowest BCUT2D eigenvalue weighted by Crippen LogP contribution is -2.33. The molecule has 0 aliphatic rings. The molecule has 1 aromatic carbocycles. The van der Waals surface area contributed by atoms with Crippen LogP contribution in [-0.2, 0) is 9.59 Å². The molecule has 5 heteroatoms. The van der Waals surface area contributed by atoms with Gasteiger partial charge in [0.1, 0.15) is 17.2 Å². The summed E-state index contributed by atoms with van der Waals surface area (Å²) in [6, 6.07) is 5.05. The van der Waals surface area contributed by atoms with Crippen LogP contribution in [0.4, 0.5) is 5.69 Å². The molecule has 2 amide bonds. The van der Waals surface area contributed by atoms with Gasteiger partial charge in [-0.3, -0.25) is 9.59 Å². The van der Waals surface area contributed by atoms with Crippen molar-refractivity contribution < 1.29 is 19.1 Å². The van der Waals surface area contributed by atoms with Crippen LogP contribution < -0.4 is 14.4 Å².